The summed E-state index contributed by atoms with van der Waals surface area (Å²) in [6, 6.07) is 1.86. The topological polar surface area (TPSA) is 126 Å². The molecule has 0 bridgehead atoms. The Morgan fingerprint density at radius 1 is 1.48 bits per heavy atom. The quantitative estimate of drug-likeness (QED) is 0.641. The van der Waals surface area contributed by atoms with Gasteiger partial charge in [0.1, 0.15) is 6.04 Å². The van der Waals surface area contributed by atoms with Crippen molar-refractivity contribution in [2.45, 2.75) is 18.5 Å². The van der Waals surface area contributed by atoms with Crippen LogP contribution in [0.4, 0.5) is 0 Å². The summed E-state index contributed by atoms with van der Waals surface area (Å²) in [5.41, 5.74) is 5.65. The third-order valence-electron chi connectivity index (χ3n) is 3.34. The first-order chi connectivity index (χ1) is 10.0. The van der Waals surface area contributed by atoms with Crippen molar-refractivity contribution in [1.29, 1.82) is 0 Å². The standard InChI is InChI=1S/C13H16N4O4/c14-5-11(18)17-7-9(4-10(17)13(20)21)16-12(19)8-2-1-3-15-6-8/h1-3,6,9-10H,4-5,7,14H2,(H,16,19)(H,20,21). The Morgan fingerprint density at radius 2 is 2.24 bits per heavy atom. The highest BCUT2D eigenvalue weighted by Gasteiger charge is 2.39. The van der Waals surface area contributed by atoms with E-state index in [4.69, 9.17) is 10.8 Å². The van der Waals surface area contributed by atoms with Gasteiger partial charge in [0.25, 0.3) is 5.91 Å². The predicted molar refractivity (Wildman–Crippen MR) is 72.3 cm³/mol. The van der Waals surface area contributed by atoms with Gasteiger partial charge in [-0.05, 0) is 12.1 Å². The number of hydrogen-bond acceptors (Lipinski definition) is 5. The first-order valence-corrected chi connectivity index (χ1v) is 6.46. The number of amides is 2. The first kappa shape index (κ1) is 14.9. The lowest BCUT2D eigenvalue weighted by atomic mass is 10.1. The molecule has 1 aromatic heterocycles. The number of pyridine rings is 1. The van der Waals surface area contributed by atoms with Crippen molar-refractivity contribution in [2.24, 2.45) is 5.73 Å². The predicted octanol–water partition coefficient (Wildman–Crippen LogP) is -1.18. The molecule has 1 saturated heterocycles. The Morgan fingerprint density at radius 3 is 2.81 bits per heavy atom. The van der Waals surface area contributed by atoms with Gasteiger partial charge in [-0.3, -0.25) is 14.6 Å². The lowest BCUT2D eigenvalue weighted by Gasteiger charge is -2.20. The molecular formula is C13H16N4O4. The van der Waals surface area contributed by atoms with E-state index in [-0.39, 0.29) is 25.4 Å². The van der Waals surface area contributed by atoms with Crippen LogP contribution in [0.5, 0.6) is 0 Å². The van der Waals surface area contributed by atoms with Crippen molar-refractivity contribution in [2.75, 3.05) is 13.1 Å². The second-order valence-electron chi connectivity index (χ2n) is 4.75. The lowest BCUT2D eigenvalue weighted by Crippen LogP contribution is -2.44. The van der Waals surface area contributed by atoms with Crippen molar-refractivity contribution in [3.05, 3.63) is 30.1 Å². The maximum absolute atomic E-state index is 12.0. The molecule has 2 atom stereocenters. The molecule has 1 fully saturated rings. The number of aromatic nitrogens is 1. The molecule has 1 aliphatic rings. The summed E-state index contributed by atoms with van der Waals surface area (Å²) in [7, 11) is 0. The van der Waals surface area contributed by atoms with E-state index >= 15 is 0 Å². The maximum Gasteiger partial charge on any atom is 0.326 e. The van der Waals surface area contributed by atoms with Gasteiger partial charge >= 0.3 is 5.97 Å². The van der Waals surface area contributed by atoms with Crippen LogP contribution in [0.2, 0.25) is 0 Å². The molecule has 1 aliphatic heterocycles. The van der Waals surface area contributed by atoms with Crippen LogP contribution >= 0.6 is 0 Å². The van der Waals surface area contributed by atoms with E-state index in [0.29, 0.717) is 5.56 Å². The van der Waals surface area contributed by atoms with Gasteiger partial charge in [-0.1, -0.05) is 0 Å². The van der Waals surface area contributed by atoms with Crippen molar-refractivity contribution in [3.63, 3.8) is 0 Å². The highest BCUT2D eigenvalue weighted by atomic mass is 16.4. The number of aliphatic carboxylic acids is 1. The Bertz CT molecular complexity index is 548. The number of nitrogens with one attached hydrogen (secondary N) is 1. The average molecular weight is 292 g/mol. The summed E-state index contributed by atoms with van der Waals surface area (Å²) in [5, 5.41) is 11.9. The van der Waals surface area contributed by atoms with Crippen LogP contribution in [0.1, 0.15) is 16.8 Å². The van der Waals surface area contributed by atoms with Crippen LogP contribution in [-0.2, 0) is 9.59 Å². The Labute approximate surface area is 120 Å². The summed E-state index contributed by atoms with van der Waals surface area (Å²) in [6.45, 7) is -0.119. The molecule has 8 nitrogen and oxygen atoms in total. The number of carboxylic acid groups (broad SMARTS) is 1. The summed E-state index contributed by atoms with van der Waals surface area (Å²) >= 11 is 0. The fourth-order valence-corrected chi connectivity index (χ4v) is 2.33. The molecule has 0 radical (unpaired) electrons. The molecule has 2 unspecified atom stereocenters. The zero-order chi connectivity index (χ0) is 15.4. The average Bonchev–Trinajstić information content (AvgIpc) is 2.91. The van der Waals surface area contributed by atoms with Gasteiger partial charge in [-0.25, -0.2) is 4.79 Å². The number of rotatable bonds is 4. The lowest BCUT2D eigenvalue weighted by molar-refractivity contribution is -0.147. The first-order valence-electron chi connectivity index (χ1n) is 6.46. The van der Waals surface area contributed by atoms with Gasteiger partial charge in [-0.15, -0.1) is 0 Å². The molecule has 2 rings (SSSR count). The molecule has 21 heavy (non-hydrogen) atoms. The molecule has 2 heterocycles. The number of nitrogens with zero attached hydrogens (tertiary/aromatic N) is 2. The largest absolute Gasteiger partial charge is 0.480 e. The third kappa shape index (κ3) is 3.34. The van der Waals surface area contributed by atoms with E-state index in [2.05, 4.69) is 10.3 Å². The summed E-state index contributed by atoms with van der Waals surface area (Å²) < 4.78 is 0. The van der Waals surface area contributed by atoms with E-state index in [9.17, 15) is 14.4 Å². The summed E-state index contributed by atoms with van der Waals surface area (Å²) in [6.07, 6.45) is 3.13. The van der Waals surface area contributed by atoms with E-state index in [1.165, 1.54) is 11.1 Å². The minimum Gasteiger partial charge on any atom is -0.480 e. The second-order valence-corrected chi connectivity index (χ2v) is 4.75. The zero-order valence-corrected chi connectivity index (χ0v) is 11.2. The molecule has 112 valence electrons. The van der Waals surface area contributed by atoms with Crippen molar-refractivity contribution in [1.82, 2.24) is 15.2 Å². The van der Waals surface area contributed by atoms with E-state index < -0.39 is 24.0 Å². The van der Waals surface area contributed by atoms with Gasteiger partial charge in [0.2, 0.25) is 5.91 Å². The summed E-state index contributed by atoms with van der Waals surface area (Å²) in [5.74, 6) is -1.89. The molecule has 2 amide bonds. The fraction of sp³-hybridized carbons (Fsp3) is 0.385. The van der Waals surface area contributed by atoms with E-state index in [0.717, 1.165) is 0 Å². The van der Waals surface area contributed by atoms with Crippen LogP contribution in [-0.4, -0.2) is 57.9 Å². The Hall–Kier alpha value is -2.48. The van der Waals surface area contributed by atoms with E-state index in [1.54, 1.807) is 18.3 Å². The number of likely N-dealkylation sites (tertiary alicyclic amines) is 1. The van der Waals surface area contributed by atoms with Crippen LogP contribution in [0.3, 0.4) is 0 Å². The number of carboxylic acids is 1. The molecule has 8 heteroatoms. The number of carbonyl (C=O) groups is 3. The number of carbonyl (C=O) groups excluding carboxylic acids is 2. The van der Waals surface area contributed by atoms with Crippen molar-refractivity contribution >= 4 is 17.8 Å². The van der Waals surface area contributed by atoms with Crippen LogP contribution in [0.25, 0.3) is 0 Å². The van der Waals surface area contributed by atoms with Crippen LogP contribution in [0.15, 0.2) is 24.5 Å². The normalized spacial score (nSPS) is 21.1. The molecule has 0 aromatic carbocycles. The van der Waals surface area contributed by atoms with Gasteiger partial charge < -0.3 is 21.1 Å². The summed E-state index contributed by atoms with van der Waals surface area (Å²) in [4.78, 5) is 39.9. The van der Waals surface area contributed by atoms with Gasteiger partial charge in [0, 0.05) is 31.4 Å². The van der Waals surface area contributed by atoms with E-state index in [1.807, 2.05) is 0 Å². The Balaban J connectivity index is 2.04. The van der Waals surface area contributed by atoms with Crippen LogP contribution in [0, 0.1) is 0 Å². The Kier molecular flexibility index (Phi) is 4.49. The highest BCUT2D eigenvalue weighted by Crippen LogP contribution is 2.18. The smallest absolute Gasteiger partial charge is 0.326 e. The second kappa shape index (κ2) is 6.31. The molecule has 4 N–H and O–H groups in total. The number of hydrogen-bond donors (Lipinski definition) is 3. The fourth-order valence-electron chi connectivity index (χ4n) is 2.33. The van der Waals surface area contributed by atoms with Crippen molar-refractivity contribution in [3.8, 4) is 0 Å². The minimum atomic E-state index is -1.10. The molecular weight excluding hydrogens is 276 g/mol. The monoisotopic (exact) mass is 292 g/mol. The molecule has 1 aromatic rings. The molecule has 0 aliphatic carbocycles. The van der Waals surface area contributed by atoms with Crippen molar-refractivity contribution < 1.29 is 19.5 Å². The van der Waals surface area contributed by atoms with Gasteiger partial charge in [0.15, 0.2) is 0 Å². The highest BCUT2D eigenvalue weighted by molar-refractivity contribution is 5.94. The molecule has 0 saturated carbocycles. The maximum atomic E-state index is 12.0. The third-order valence-corrected chi connectivity index (χ3v) is 3.34. The SMILES string of the molecule is NCC(=O)N1CC(NC(=O)c2cccnc2)CC1C(=O)O. The molecule has 0 spiro atoms. The van der Waals surface area contributed by atoms with Crippen LogP contribution < -0.4 is 11.1 Å². The van der Waals surface area contributed by atoms with Gasteiger partial charge in [-0.2, -0.15) is 0 Å². The minimum absolute atomic E-state index is 0.138. The zero-order valence-electron chi connectivity index (χ0n) is 11.2. The number of nitrogens with two attached hydrogens (primary N) is 1. The van der Waals surface area contributed by atoms with Gasteiger partial charge in [0.05, 0.1) is 12.1 Å².